The van der Waals surface area contributed by atoms with E-state index in [0.717, 1.165) is 32.1 Å². The van der Waals surface area contributed by atoms with Crippen molar-refractivity contribution in [1.29, 1.82) is 0 Å². The predicted octanol–water partition coefficient (Wildman–Crippen LogP) is -1.39. The SMILES string of the molecule is CCC(C)(C(=O)OC1CC2CC1C1(CCOC1=O)C2)C1N[I-]1. The quantitative estimate of drug-likeness (QED) is 0.152. The zero-order chi connectivity index (χ0) is 15.5. The zero-order valence-corrected chi connectivity index (χ0v) is 15.2. The van der Waals surface area contributed by atoms with E-state index in [4.69, 9.17) is 9.47 Å². The summed E-state index contributed by atoms with van der Waals surface area (Å²) in [6.45, 7) is 4.61. The Kier molecular flexibility index (Phi) is 3.49. The maximum atomic E-state index is 12.7. The number of fused-ring (bicyclic) bond motifs is 3. The van der Waals surface area contributed by atoms with E-state index in [1.165, 1.54) is 0 Å². The summed E-state index contributed by atoms with van der Waals surface area (Å²) in [7, 11) is 0. The van der Waals surface area contributed by atoms with Crippen molar-refractivity contribution in [2.45, 2.75) is 56.1 Å². The molecule has 6 heteroatoms. The van der Waals surface area contributed by atoms with Gasteiger partial charge in [-0.15, -0.1) is 0 Å². The van der Waals surface area contributed by atoms with Crippen molar-refractivity contribution in [1.82, 2.24) is 3.53 Å². The fourth-order valence-corrected chi connectivity index (χ4v) is 6.96. The number of cyclic esters (lactones) is 1. The van der Waals surface area contributed by atoms with Crippen LogP contribution in [0.5, 0.6) is 0 Å². The number of nitrogens with one attached hydrogen (secondary N) is 1. The van der Waals surface area contributed by atoms with Crippen LogP contribution in [0.1, 0.15) is 46.0 Å². The van der Waals surface area contributed by atoms with Crippen LogP contribution >= 0.6 is 0 Å². The second-order valence-corrected chi connectivity index (χ2v) is 9.98. The molecule has 0 amide bonds. The molecule has 4 rings (SSSR count). The first-order valence-corrected chi connectivity index (χ1v) is 10.6. The summed E-state index contributed by atoms with van der Waals surface area (Å²) in [5.74, 6) is 0.588. The Bertz CT molecular complexity index is 522. The Morgan fingerprint density at radius 2 is 2.32 bits per heavy atom. The van der Waals surface area contributed by atoms with E-state index in [1.54, 1.807) is 0 Å². The molecule has 1 N–H and O–H groups in total. The number of carbonyl (C=O) groups excluding carboxylic acids is 2. The Balaban J connectivity index is 1.50. The van der Waals surface area contributed by atoms with Crippen LogP contribution in [0.25, 0.3) is 0 Å². The standard InChI is InChI=1S/C16H23INO4/c1-3-15(2,12-17-18-12)13(19)22-11-7-9-6-10(11)16(8-9)4-5-21-14(16)20/h9-12,18H,3-8H2,1-2H3/q-1. The third-order valence-corrected chi connectivity index (χ3v) is 9.01. The van der Waals surface area contributed by atoms with Gasteiger partial charge >= 0.3 is 141 Å². The zero-order valence-electron chi connectivity index (χ0n) is 13.1. The molecule has 5 nitrogen and oxygen atoms in total. The molecule has 4 fully saturated rings. The van der Waals surface area contributed by atoms with Crippen LogP contribution in [0.15, 0.2) is 0 Å². The van der Waals surface area contributed by atoms with Crippen molar-refractivity contribution in [2.75, 3.05) is 6.61 Å². The Labute approximate surface area is 141 Å². The Hall–Kier alpha value is -0.370. The van der Waals surface area contributed by atoms with Gasteiger partial charge in [0.2, 0.25) is 0 Å². The van der Waals surface area contributed by atoms with Gasteiger partial charge in [-0.3, -0.25) is 0 Å². The number of ether oxygens (including phenoxy) is 2. The van der Waals surface area contributed by atoms with Gasteiger partial charge in [-0.05, 0) is 0 Å². The second-order valence-electron chi connectivity index (χ2n) is 7.49. The molecule has 22 heavy (non-hydrogen) atoms. The van der Waals surface area contributed by atoms with Crippen molar-refractivity contribution in [3.05, 3.63) is 0 Å². The van der Waals surface area contributed by atoms with Crippen LogP contribution in [0.3, 0.4) is 0 Å². The second kappa shape index (κ2) is 5.06. The normalized spacial score (nSPS) is 45.3. The van der Waals surface area contributed by atoms with Gasteiger partial charge in [0.1, 0.15) is 0 Å². The third kappa shape index (κ3) is 2.05. The van der Waals surface area contributed by atoms with E-state index >= 15 is 0 Å². The summed E-state index contributed by atoms with van der Waals surface area (Å²) >= 11 is -0.0292. The molecule has 0 aromatic carbocycles. The van der Waals surface area contributed by atoms with E-state index in [-0.39, 0.29) is 50.9 Å². The summed E-state index contributed by atoms with van der Waals surface area (Å²) in [5, 5.41) is 0. The molecule has 2 bridgehead atoms. The summed E-state index contributed by atoms with van der Waals surface area (Å²) in [5.41, 5.74) is -0.736. The van der Waals surface area contributed by atoms with E-state index in [1.807, 2.05) is 6.92 Å². The minimum atomic E-state index is -0.390. The van der Waals surface area contributed by atoms with Crippen LogP contribution in [0.2, 0.25) is 0 Å². The average Bonchev–Trinajstić information content (AvgIpc) is 3.09. The van der Waals surface area contributed by atoms with E-state index in [9.17, 15) is 9.59 Å². The van der Waals surface area contributed by atoms with Crippen LogP contribution in [-0.2, 0) is 19.1 Å². The van der Waals surface area contributed by atoms with Crippen LogP contribution in [-0.4, -0.2) is 28.7 Å². The van der Waals surface area contributed by atoms with Gasteiger partial charge in [0.15, 0.2) is 0 Å². The molecule has 2 heterocycles. The first kappa shape index (κ1) is 15.2. The van der Waals surface area contributed by atoms with Crippen LogP contribution in [0.4, 0.5) is 0 Å². The van der Waals surface area contributed by atoms with Crippen molar-refractivity contribution in [3.8, 4) is 0 Å². The first-order valence-electron chi connectivity index (χ1n) is 8.26. The third-order valence-electron chi connectivity index (χ3n) is 6.39. The Morgan fingerprint density at radius 3 is 2.86 bits per heavy atom. The van der Waals surface area contributed by atoms with Gasteiger partial charge in [-0.2, -0.15) is 0 Å². The molecule has 0 aromatic heterocycles. The van der Waals surface area contributed by atoms with E-state index in [0.29, 0.717) is 16.6 Å². The number of halogens is 1. The molecule has 4 aliphatic rings. The number of alkyl halides is 1. The van der Waals surface area contributed by atoms with Crippen molar-refractivity contribution in [2.24, 2.45) is 22.7 Å². The molecular weight excluding hydrogens is 397 g/mol. The molecule has 124 valence electrons. The number of hydrogen-bond acceptors (Lipinski definition) is 5. The van der Waals surface area contributed by atoms with Crippen molar-refractivity contribution < 1.29 is 40.5 Å². The molecule has 2 aliphatic carbocycles. The summed E-state index contributed by atoms with van der Waals surface area (Å²) in [6, 6.07) is 0. The molecule has 2 saturated carbocycles. The van der Waals surface area contributed by atoms with Crippen LogP contribution < -0.4 is 25.0 Å². The minimum absolute atomic E-state index is 0.0292. The number of esters is 2. The molecule has 6 unspecified atom stereocenters. The topological polar surface area (TPSA) is 74.5 Å². The summed E-state index contributed by atoms with van der Waals surface area (Å²) in [4.78, 5) is 25.0. The number of carbonyl (C=O) groups is 2. The first-order chi connectivity index (χ1) is 10.5. The van der Waals surface area contributed by atoms with Crippen molar-refractivity contribution >= 4 is 11.9 Å². The molecule has 2 aliphatic heterocycles. The summed E-state index contributed by atoms with van der Waals surface area (Å²) in [6.07, 6.45) is 4.41. The van der Waals surface area contributed by atoms with Gasteiger partial charge in [0.25, 0.3) is 0 Å². The monoisotopic (exact) mass is 420 g/mol. The fourth-order valence-electron chi connectivity index (χ4n) is 4.71. The molecule has 6 atom stereocenters. The van der Waals surface area contributed by atoms with E-state index in [2.05, 4.69) is 10.5 Å². The van der Waals surface area contributed by atoms with E-state index < -0.39 is 5.41 Å². The number of hydrogen-bond donors (Lipinski definition) is 1. The molecule has 0 aromatic rings. The maximum absolute atomic E-state index is 12.7. The van der Waals surface area contributed by atoms with Gasteiger partial charge in [0.05, 0.1) is 0 Å². The fraction of sp³-hybridized carbons (Fsp3) is 0.875. The average molecular weight is 420 g/mol. The van der Waals surface area contributed by atoms with Gasteiger partial charge in [-0.1, -0.05) is 0 Å². The number of rotatable bonds is 4. The van der Waals surface area contributed by atoms with Gasteiger partial charge in [-0.25, -0.2) is 0 Å². The van der Waals surface area contributed by atoms with Gasteiger partial charge < -0.3 is 0 Å². The van der Waals surface area contributed by atoms with Crippen LogP contribution in [0, 0.1) is 22.7 Å². The summed E-state index contributed by atoms with van der Waals surface area (Å²) < 4.78 is 14.9. The van der Waals surface area contributed by atoms with Crippen molar-refractivity contribution in [3.63, 3.8) is 0 Å². The molecule has 2 saturated heterocycles. The molecule has 1 spiro atoms. The van der Waals surface area contributed by atoms with Gasteiger partial charge in [0, 0.05) is 0 Å². The Morgan fingerprint density at radius 1 is 1.55 bits per heavy atom. The molecule has 0 radical (unpaired) electrons. The predicted molar refractivity (Wildman–Crippen MR) is 74.0 cm³/mol. The molecular formula is C16H23INO4-.